The van der Waals surface area contributed by atoms with Crippen LogP contribution in [0.3, 0.4) is 0 Å². The topological polar surface area (TPSA) is 84.2 Å². The number of ether oxygens (including phenoxy) is 2. The maximum atomic E-state index is 15.0. The predicted molar refractivity (Wildman–Crippen MR) is 97.3 cm³/mol. The summed E-state index contributed by atoms with van der Waals surface area (Å²) in [6.45, 7) is -2.06. The molecule has 7 nitrogen and oxygen atoms in total. The van der Waals surface area contributed by atoms with Gasteiger partial charge in [-0.2, -0.15) is 13.2 Å². The number of hydrogen-bond donors (Lipinski definition) is 2. The van der Waals surface area contributed by atoms with E-state index in [9.17, 15) is 26.7 Å². The second-order valence-electron chi connectivity index (χ2n) is 7.39. The molecule has 4 rings (SSSR count). The van der Waals surface area contributed by atoms with Gasteiger partial charge in [-0.15, -0.1) is 0 Å². The summed E-state index contributed by atoms with van der Waals surface area (Å²) < 4.78 is 85.3. The molecular weight excluding hydrogens is 431 g/mol. The molecule has 12 heteroatoms. The first-order valence-electron chi connectivity index (χ1n) is 9.49. The number of nitrogens with zero attached hydrogens (tertiary/aromatic N) is 1. The van der Waals surface area contributed by atoms with Gasteiger partial charge in [0, 0.05) is 18.5 Å². The minimum Gasteiger partial charge on any atom is -0.449 e. The monoisotopic (exact) mass is 450 g/mol. The van der Waals surface area contributed by atoms with Gasteiger partial charge in [-0.05, 0) is 18.2 Å². The van der Waals surface area contributed by atoms with Gasteiger partial charge in [-0.25, -0.2) is 8.78 Å². The van der Waals surface area contributed by atoms with Crippen molar-refractivity contribution in [1.29, 1.82) is 0 Å². The van der Waals surface area contributed by atoms with Crippen LogP contribution in [-0.2, 0) is 15.7 Å². The summed E-state index contributed by atoms with van der Waals surface area (Å²) >= 11 is 0. The normalized spacial score (nSPS) is 22.9. The molecular formula is C19H19F5N2O5. The first-order chi connectivity index (χ1) is 14.6. The van der Waals surface area contributed by atoms with Crippen molar-refractivity contribution >= 4 is 22.6 Å². The van der Waals surface area contributed by atoms with E-state index in [2.05, 4.69) is 5.32 Å². The number of carbonyl (C=O) groups is 1. The van der Waals surface area contributed by atoms with E-state index in [4.69, 9.17) is 19.0 Å². The molecule has 2 N–H and O–H groups in total. The van der Waals surface area contributed by atoms with Gasteiger partial charge < -0.3 is 29.2 Å². The molecule has 1 aromatic heterocycles. The van der Waals surface area contributed by atoms with Gasteiger partial charge in [0.2, 0.25) is 5.76 Å². The molecule has 0 aliphatic carbocycles. The fourth-order valence-corrected chi connectivity index (χ4v) is 3.63. The Morgan fingerprint density at radius 3 is 2.58 bits per heavy atom. The number of furan rings is 1. The van der Waals surface area contributed by atoms with Gasteiger partial charge in [-0.3, -0.25) is 4.79 Å². The molecule has 170 valence electrons. The van der Waals surface area contributed by atoms with Crippen molar-refractivity contribution in [2.75, 3.05) is 44.4 Å². The van der Waals surface area contributed by atoms with Gasteiger partial charge in [0.15, 0.2) is 0 Å². The fraction of sp³-hybridized carbons (Fsp3) is 0.526. The maximum absolute atomic E-state index is 15.0. The van der Waals surface area contributed by atoms with Gasteiger partial charge in [-0.1, -0.05) is 0 Å². The maximum Gasteiger partial charge on any atom is 0.416 e. The van der Waals surface area contributed by atoms with Crippen molar-refractivity contribution in [1.82, 2.24) is 5.32 Å². The summed E-state index contributed by atoms with van der Waals surface area (Å²) in [6, 6.07) is 2.64. The van der Waals surface area contributed by atoms with Crippen LogP contribution in [0.1, 0.15) is 16.1 Å². The first kappa shape index (κ1) is 21.8. The molecule has 2 atom stereocenters. The third kappa shape index (κ3) is 4.19. The smallest absolute Gasteiger partial charge is 0.416 e. The Kier molecular flexibility index (Phi) is 5.56. The lowest BCUT2D eigenvalue weighted by atomic mass is 10.1. The second kappa shape index (κ2) is 7.92. The Morgan fingerprint density at radius 1 is 1.16 bits per heavy atom. The Labute approximate surface area is 172 Å². The van der Waals surface area contributed by atoms with Crippen LogP contribution in [0.25, 0.3) is 11.0 Å². The highest BCUT2D eigenvalue weighted by atomic mass is 19.4. The summed E-state index contributed by atoms with van der Waals surface area (Å²) in [7, 11) is 0. The minimum absolute atomic E-state index is 0.00578. The highest BCUT2D eigenvalue weighted by Gasteiger charge is 2.46. The number of alkyl halides is 5. The zero-order valence-corrected chi connectivity index (χ0v) is 16.0. The largest absolute Gasteiger partial charge is 0.449 e. The van der Waals surface area contributed by atoms with Crippen molar-refractivity contribution < 1.29 is 45.7 Å². The number of aliphatic hydroxyl groups is 1. The van der Waals surface area contributed by atoms with Crippen LogP contribution in [0.5, 0.6) is 0 Å². The molecule has 0 bridgehead atoms. The summed E-state index contributed by atoms with van der Waals surface area (Å²) in [5.74, 6) is -4.49. The molecule has 3 heterocycles. The zero-order valence-electron chi connectivity index (χ0n) is 16.0. The van der Waals surface area contributed by atoms with Crippen LogP contribution >= 0.6 is 0 Å². The van der Waals surface area contributed by atoms with E-state index in [1.54, 1.807) is 0 Å². The van der Waals surface area contributed by atoms with Crippen molar-refractivity contribution in [2.24, 2.45) is 0 Å². The molecule has 2 aliphatic rings. The standard InChI is InChI=1S/C19H19F5N2O5/c20-18(21,14-8-29-11(6-27)7-30-14)9-26-4-3-25-17(28)16-15(26)12-5-10(19(22,23)24)1-2-13(12)31-16/h1-2,5,11,14,27H,3-4,6-9H2,(H,25,28)/t11-,14-/m1/s1. The lowest BCUT2D eigenvalue weighted by Crippen LogP contribution is -2.52. The average Bonchev–Trinajstić information content (AvgIpc) is 3.04. The number of amides is 1. The highest BCUT2D eigenvalue weighted by molar-refractivity contribution is 6.07. The Hall–Kier alpha value is -2.44. The number of benzene rings is 1. The van der Waals surface area contributed by atoms with E-state index < -0.39 is 48.9 Å². The molecule has 2 aliphatic heterocycles. The van der Waals surface area contributed by atoms with E-state index >= 15 is 0 Å². The predicted octanol–water partition coefficient (Wildman–Crippen LogP) is 2.41. The zero-order chi connectivity index (χ0) is 22.4. The van der Waals surface area contributed by atoms with E-state index in [0.717, 1.165) is 23.1 Å². The van der Waals surface area contributed by atoms with Crippen molar-refractivity contribution in [2.45, 2.75) is 24.3 Å². The molecule has 1 aromatic carbocycles. The minimum atomic E-state index is -4.66. The Bertz CT molecular complexity index is 968. The van der Waals surface area contributed by atoms with Crippen molar-refractivity contribution in [3.8, 4) is 0 Å². The van der Waals surface area contributed by atoms with Crippen molar-refractivity contribution in [3.05, 3.63) is 29.5 Å². The number of nitrogens with one attached hydrogen (secondary N) is 1. The number of anilines is 1. The van der Waals surface area contributed by atoms with Crippen LogP contribution in [0, 0.1) is 0 Å². The molecule has 0 unspecified atom stereocenters. The molecule has 1 saturated heterocycles. The lowest BCUT2D eigenvalue weighted by Gasteiger charge is -2.36. The number of aliphatic hydroxyl groups excluding tert-OH is 1. The van der Waals surface area contributed by atoms with Crippen LogP contribution in [0.15, 0.2) is 22.6 Å². The number of carbonyl (C=O) groups excluding carboxylic acids is 1. The first-order valence-corrected chi connectivity index (χ1v) is 9.49. The van der Waals surface area contributed by atoms with Gasteiger partial charge >= 0.3 is 6.18 Å². The van der Waals surface area contributed by atoms with E-state index in [1.165, 1.54) is 0 Å². The molecule has 31 heavy (non-hydrogen) atoms. The van der Waals surface area contributed by atoms with Crippen LogP contribution in [0.4, 0.5) is 27.6 Å². The van der Waals surface area contributed by atoms with Gasteiger partial charge in [0.25, 0.3) is 11.8 Å². The fourth-order valence-electron chi connectivity index (χ4n) is 3.63. The highest BCUT2D eigenvalue weighted by Crippen LogP contribution is 2.40. The van der Waals surface area contributed by atoms with E-state index in [0.29, 0.717) is 0 Å². The van der Waals surface area contributed by atoms with E-state index in [1.807, 2.05) is 0 Å². The van der Waals surface area contributed by atoms with Crippen LogP contribution in [0.2, 0.25) is 0 Å². The Balaban J connectivity index is 1.69. The van der Waals surface area contributed by atoms with Crippen LogP contribution in [-0.4, -0.2) is 68.6 Å². The molecule has 0 spiro atoms. The lowest BCUT2D eigenvalue weighted by molar-refractivity contribution is -0.216. The van der Waals surface area contributed by atoms with E-state index in [-0.39, 0.29) is 48.7 Å². The number of rotatable bonds is 4. The van der Waals surface area contributed by atoms with Gasteiger partial charge in [0.1, 0.15) is 17.8 Å². The van der Waals surface area contributed by atoms with Gasteiger partial charge in [0.05, 0.1) is 37.6 Å². The average molecular weight is 450 g/mol. The Morgan fingerprint density at radius 2 is 1.94 bits per heavy atom. The SMILES string of the molecule is O=C1NCCN(CC(F)(F)[C@H]2CO[C@H](CO)CO2)c2c1oc1ccc(C(F)(F)F)cc21. The van der Waals surface area contributed by atoms with Crippen molar-refractivity contribution in [3.63, 3.8) is 0 Å². The molecule has 2 aromatic rings. The number of hydrogen-bond acceptors (Lipinski definition) is 6. The summed E-state index contributed by atoms with van der Waals surface area (Å²) in [5, 5.41) is 11.4. The summed E-state index contributed by atoms with van der Waals surface area (Å²) in [6.07, 6.45) is -6.97. The third-order valence-corrected chi connectivity index (χ3v) is 5.22. The second-order valence-corrected chi connectivity index (χ2v) is 7.39. The number of halogens is 5. The molecule has 0 saturated carbocycles. The number of fused-ring (bicyclic) bond motifs is 3. The molecule has 1 amide bonds. The molecule has 0 radical (unpaired) electrons. The summed E-state index contributed by atoms with van der Waals surface area (Å²) in [5.41, 5.74) is -1.13. The van der Waals surface area contributed by atoms with Crippen LogP contribution < -0.4 is 10.2 Å². The third-order valence-electron chi connectivity index (χ3n) is 5.22. The summed E-state index contributed by atoms with van der Waals surface area (Å²) in [4.78, 5) is 13.5. The molecule has 1 fully saturated rings. The quantitative estimate of drug-likeness (QED) is 0.697.